The highest BCUT2D eigenvalue weighted by Gasteiger charge is 2.13. The maximum absolute atomic E-state index is 12.3. The average Bonchev–Trinajstić information content (AvgIpc) is 2.67. The van der Waals surface area contributed by atoms with Gasteiger partial charge in [-0.15, -0.1) is 0 Å². The van der Waals surface area contributed by atoms with Crippen LogP contribution in [0.2, 0.25) is 0 Å². The zero-order valence-corrected chi connectivity index (χ0v) is 15.3. The molecule has 150 valence electrons. The first-order chi connectivity index (χ1) is 13.4. The Hall–Kier alpha value is -3.30. The maximum Gasteiger partial charge on any atom is 0.387 e. The average molecular weight is 395 g/mol. The van der Waals surface area contributed by atoms with Crippen molar-refractivity contribution in [3.8, 4) is 11.5 Å². The first-order valence-electron chi connectivity index (χ1n) is 8.23. The van der Waals surface area contributed by atoms with Gasteiger partial charge in [0.05, 0.1) is 19.0 Å². The van der Waals surface area contributed by atoms with Gasteiger partial charge in [-0.05, 0) is 31.0 Å². The molecular formula is C18H19F2N3O5. The summed E-state index contributed by atoms with van der Waals surface area (Å²) in [6.07, 6.45) is 3.10. The van der Waals surface area contributed by atoms with Gasteiger partial charge >= 0.3 is 12.6 Å². The molecule has 0 aliphatic heterocycles. The molecule has 28 heavy (non-hydrogen) atoms. The van der Waals surface area contributed by atoms with Crippen LogP contribution in [-0.4, -0.2) is 48.7 Å². The number of hydrogen-bond donors (Lipinski definition) is 1. The second kappa shape index (κ2) is 10.1. The number of carbonyl (C=O) groups excluding carboxylic acids is 2. The number of hydrogen-bond acceptors (Lipinski definition) is 7. The molecule has 0 spiro atoms. The number of methoxy groups -OCH3 is 1. The van der Waals surface area contributed by atoms with Gasteiger partial charge in [0.1, 0.15) is 0 Å². The fourth-order valence-corrected chi connectivity index (χ4v) is 2.16. The number of alkyl halides is 2. The molecule has 1 amide bonds. The Morgan fingerprint density at radius 3 is 2.61 bits per heavy atom. The Morgan fingerprint density at radius 2 is 1.96 bits per heavy atom. The van der Waals surface area contributed by atoms with Crippen LogP contribution in [0.1, 0.15) is 21.7 Å². The van der Waals surface area contributed by atoms with Gasteiger partial charge in [0.15, 0.2) is 23.8 Å². The second-order valence-electron chi connectivity index (χ2n) is 5.58. The van der Waals surface area contributed by atoms with Crippen LogP contribution < -0.4 is 14.8 Å². The summed E-state index contributed by atoms with van der Waals surface area (Å²) in [6.45, 7) is -1.44. The highest BCUT2D eigenvalue weighted by molar-refractivity contribution is 5.89. The van der Waals surface area contributed by atoms with Crippen molar-refractivity contribution in [2.45, 2.75) is 20.0 Å². The third kappa shape index (κ3) is 6.45. The minimum absolute atomic E-state index is 0.0107. The zero-order valence-electron chi connectivity index (χ0n) is 15.3. The van der Waals surface area contributed by atoms with Crippen LogP contribution in [0.3, 0.4) is 0 Å². The lowest BCUT2D eigenvalue weighted by Gasteiger charge is -2.11. The number of carbonyl (C=O) groups is 2. The topological polar surface area (TPSA) is 99.6 Å². The third-order valence-corrected chi connectivity index (χ3v) is 3.50. The van der Waals surface area contributed by atoms with Crippen LogP contribution in [-0.2, 0) is 16.0 Å². The van der Waals surface area contributed by atoms with Gasteiger partial charge in [-0.1, -0.05) is 6.07 Å². The molecule has 0 unspecified atom stereocenters. The Kier molecular flexibility index (Phi) is 7.61. The molecule has 0 saturated heterocycles. The molecule has 1 heterocycles. The highest BCUT2D eigenvalue weighted by Crippen LogP contribution is 2.29. The number of nitrogens with one attached hydrogen (secondary N) is 1. The first kappa shape index (κ1) is 21.0. The maximum atomic E-state index is 12.3. The van der Waals surface area contributed by atoms with Crippen molar-refractivity contribution in [1.82, 2.24) is 15.3 Å². The van der Waals surface area contributed by atoms with E-state index in [1.54, 1.807) is 19.1 Å². The Balaban J connectivity index is 1.77. The van der Waals surface area contributed by atoms with E-state index in [9.17, 15) is 18.4 Å². The summed E-state index contributed by atoms with van der Waals surface area (Å²) in [5.41, 5.74) is 1.40. The predicted molar refractivity (Wildman–Crippen MR) is 93.4 cm³/mol. The molecule has 8 nitrogen and oxygen atoms in total. The van der Waals surface area contributed by atoms with Gasteiger partial charge < -0.3 is 19.5 Å². The van der Waals surface area contributed by atoms with E-state index < -0.39 is 25.1 Å². The van der Waals surface area contributed by atoms with Crippen LogP contribution in [0.15, 0.2) is 30.6 Å². The molecule has 0 fully saturated rings. The summed E-state index contributed by atoms with van der Waals surface area (Å²) < 4.78 is 38.9. The fraction of sp³-hybridized carbons (Fsp3) is 0.333. The summed E-state index contributed by atoms with van der Waals surface area (Å²) in [7, 11) is 1.34. The van der Waals surface area contributed by atoms with Crippen molar-refractivity contribution in [1.29, 1.82) is 0 Å². The van der Waals surface area contributed by atoms with Crippen LogP contribution in [0.4, 0.5) is 8.78 Å². The molecule has 0 bridgehead atoms. The quantitative estimate of drug-likeness (QED) is 0.648. The summed E-state index contributed by atoms with van der Waals surface area (Å²) in [4.78, 5) is 31.3. The number of ether oxygens (including phenoxy) is 3. The monoisotopic (exact) mass is 395 g/mol. The Bertz CT molecular complexity index is 815. The van der Waals surface area contributed by atoms with Gasteiger partial charge in [-0.3, -0.25) is 9.78 Å². The second-order valence-corrected chi connectivity index (χ2v) is 5.58. The number of nitrogens with zero attached hydrogens (tertiary/aromatic N) is 2. The normalized spacial score (nSPS) is 10.5. The number of aromatic nitrogens is 2. The molecule has 0 aliphatic carbocycles. The van der Waals surface area contributed by atoms with E-state index in [-0.39, 0.29) is 23.7 Å². The molecule has 0 aliphatic rings. The molecule has 1 aromatic heterocycles. The van der Waals surface area contributed by atoms with Crippen molar-refractivity contribution in [3.05, 3.63) is 47.5 Å². The minimum atomic E-state index is -2.95. The number of aryl methyl sites for hydroxylation is 1. The number of amides is 1. The summed E-state index contributed by atoms with van der Waals surface area (Å²) in [6, 6.07) is 4.50. The Labute approximate surface area is 159 Å². The summed E-state index contributed by atoms with van der Waals surface area (Å²) >= 11 is 0. The predicted octanol–water partition coefficient (Wildman–Crippen LogP) is 1.91. The van der Waals surface area contributed by atoms with E-state index in [0.717, 1.165) is 5.56 Å². The first-order valence-corrected chi connectivity index (χ1v) is 8.23. The van der Waals surface area contributed by atoms with Gasteiger partial charge in [-0.25, -0.2) is 9.78 Å². The van der Waals surface area contributed by atoms with E-state index in [1.165, 1.54) is 25.6 Å². The van der Waals surface area contributed by atoms with Gasteiger partial charge in [-0.2, -0.15) is 8.78 Å². The molecule has 1 N–H and O–H groups in total. The van der Waals surface area contributed by atoms with Crippen LogP contribution in [0.5, 0.6) is 11.5 Å². The van der Waals surface area contributed by atoms with Crippen LogP contribution in [0, 0.1) is 6.92 Å². The minimum Gasteiger partial charge on any atom is -0.493 e. The van der Waals surface area contributed by atoms with E-state index >= 15 is 0 Å². The molecule has 10 heteroatoms. The number of rotatable bonds is 9. The molecule has 0 radical (unpaired) electrons. The standard InChI is InChI=1S/C18H19F2N3O5/c1-11-8-23-13(9-22-11)17(25)27-10-16(24)21-6-5-12-3-4-14(28-18(19)20)15(7-12)26-2/h3-4,7-9,18H,5-6,10H2,1-2H3,(H,21,24). The van der Waals surface area contributed by atoms with Crippen molar-refractivity contribution >= 4 is 11.9 Å². The zero-order chi connectivity index (χ0) is 20.5. The fourth-order valence-electron chi connectivity index (χ4n) is 2.16. The number of benzene rings is 1. The smallest absolute Gasteiger partial charge is 0.387 e. The Morgan fingerprint density at radius 1 is 1.18 bits per heavy atom. The van der Waals surface area contributed by atoms with Gasteiger partial charge in [0.2, 0.25) is 0 Å². The molecule has 0 saturated carbocycles. The van der Waals surface area contributed by atoms with E-state index in [1.807, 2.05) is 0 Å². The van der Waals surface area contributed by atoms with E-state index in [4.69, 9.17) is 9.47 Å². The lowest BCUT2D eigenvalue weighted by molar-refractivity contribution is -0.124. The third-order valence-electron chi connectivity index (χ3n) is 3.50. The van der Waals surface area contributed by atoms with E-state index in [0.29, 0.717) is 12.1 Å². The SMILES string of the molecule is COc1cc(CCNC(=O)COC(=O)c2cnc(C)cn2)ccc1OC(F)F. The van der Waals surface area contributed by atoms with Crippen molar-refractivity contribution in [2.75, 3.05) is 20.3 Å². The summed E-state index contributed by atoms with van der Waals surface area (Å²) in [5.74, 6) is -1.14. The van der Waals surface area contributed by atoms with Crippen LogP contribution >= 0.6 is 0 Å². The largest absolute Gasteiger partial charge is 0.493 e. The number of halogens is 2. The van der Waals surface area contributed by atoms with Crippen molar-refractivity contribution in [3.63, 3.8) is 0 Å². The number of esters is 1. The highest BCUT2D eigenvalue weighted by atomic mass is 19.3. The summed E-state index contributed by atoms with van der Waals surface area (Å²) in [5, 5.41) is 2.59. The lowest BCUT2D eigenvalue weighted by atomic mass is 10.1. The molecular weight excluding hydrogens is 376 g/mol. The molecule has 2 aromatic rings. The van der Waals surface area contributed by atoms with E-state index in [2.05, 4.69) is 20.0 Å². The van der Waals surface area contributed by atoms with Crippen LogP contribution in [0.25, 0.3) is 0 Å². The van der Waals surface area contributed by atoms with Crippen molar-refractivity contribution < 1.29 is 32.6 Å². The van der Waals surface area contributed by atoms with Gasteiger partial charge in [0, 0.05) is 12.7 Å². The molecule has 1 aromatic carbocycles. The molecule has 0 atom stereocenters. The van der Waals surface area contributed by atoms with Gasteiger partial charge in [0.25, 0.3) is 5.91 Å². The lowest BCUT2D eigenvalue weighted by Crippen LogP contribution is -2.30. The van der Waals surface area contributed by atoms with Crippen molar-refractivity contribution in [2.24, 2.45) is 0 Å². The molecule has 2 rings (SSSR count).